The van der Waals surface area contributed by atoms with Gasteiger partial charge in [-0.3, -0.25) is 19.3 Å². The van der Waals surface area contributed by atoms with Gasteiger partial charge in [0.05, 0.1) is 32.5 Å². The summed E-state index contributed by atoms with van der Waals surface area (Å²) in [5.74, 6) is -0.183. The smallest absolute Gasteiger partial charge is 0.307 e. The number of nitrogens with zero attached hydrogens (tertiary/aromatic N) is 1. The highest BCUT2D eigenvalue weighted by Gasteiger charge is 2.46. The van der Waals surface area contributed by atoms with Gasteiger partial charge in [-0.25, -0.2) is 0 Å². The largest absolute Gasteiger partial charge is 0.497 e. The van der Waals surface area contributed by atoms with Crippen molar-refractivity contribution in [1.29, 1.82) is 0 Å². The highest BCUT2D eigenvalue weighted by molar-refractivity contribution is 6.05. The van der Waals surface area contributed by atoms with Crippen LogP contribution in [0, 0.1) is 11.8 Å². The molecule has 1 aliphatic carbocycles. The molecule has 27 heavy (non-hydrogen) atoms. The zero-order valence-electron chi connectivity index (χ0n) is 15.5. The quantitative estimate of drug-likeness (QED) is 0.414. The van der Waals surface area contributed by atoms with E-state index in [1.807, 2.05) is 12.2 Å². The van der Waals surface area contributed by atoms with Crippen LogP contribution in [0.4, 0.5) is 0 Å². The van der Waals surface area contributed by atoms with Crippen molar-refractivity contribution in [2.24, 2.45) is 11.8 Å². The first-order valence-electron chi connectivity index (χ1n) is 8.92. The van der Waals surface area contributed by atoms with Gasteiger partial charge < -0.3 is 14.2 Å². The molecule has 1 aromatic rings. The zero-order valence-corrected chi connectivity index (χ0v) is 15.5. The Kier molecular flexibility index (Phi) is 5.78. The van der Waals surface area contributed by atoms with Gasteiger partial charge in [-0.15, -0.1) is 0 Å². The molecule has 0 unspecified atom stereocenters. The molecule has 0 aromatic heterocycles. The lowest BCUT2D eigenvalue weighted by Crippen LogP contribution is -2.33. The minimum absolute atomic E-state index is 0.0241. The SMILES string of the molecule is COc1ccc(OC)c(COC(=O)CCN2C(=O)[C@@H]3CC=CC[C@H]3C2=O)c1. The number of hydrogen-bond acceptors (Lipinski definition) is 6. The number of carbonyl (C=O) groups excluding carboxylic acids is 3. The van der Waals surface area contributed by atoms with Crippen LogP contribution in [0.2, 0.25) is 0 Å². The van der Waals surface area contributed by atoms with Crippen molar-refractivity contribution in [3.8, 4) is 11.5 Å². The van der Waals surface area contributed by atoms with Crippen molar-refractivity contribution in [3.63, 3.8) is 0 Å². The number of likely N-dealkylation sites (tertiary alicyclic amines) is 1. The first-order chi connectivity index (χ1) is 13.0. The Balaban J connectivity index is 1.53. The standard InChI is InChI=1S/C20H23NO6/c1-25-14-7-8-17(26-2)13(11-14)12-27-18(22)9-10-21-19(23)15-5-3-4-6-16(15)20(21)24/h3-4,7-8,11,15-16H,5-6,9-10,12H2,1-2H3/t15-,16-/m1/s1. The van der Waals surface area contributed by atoms with Gasteiger partial charge >= 0.3 is 5.97 Å². The summed E-state index contributed by atoms with van der Waals surface area (Å²) in [5, 5.41) is 0. The minimum atomic E-state index is -0.478. The minimum Gasteiger partial charge on any atom is -0.497 e. The number of fused-ring (bicyclic) bond motifs is 1. The fraction of sp³-hybridized carbons (Fsp3) is 0.450. The first-order valence-corrected chi connectivity index (χ1v) is 8.92. The van der Waals surface area contributed by atoms with E-state index < -0.39 is 5.97 Å². The number of hydrogen-bond donors (Lipinski definition) is 0. The molecule has 7 nitrogen and oxygen atoms in total. The Labute approximate surface area is 157 Å². The monoisotopic (exact) mass is 373 g/mol. The van der Waals surface area contributed by atoms with Crippen LogP contribution in [0.3, 0.4) is 0 Å². The molecule has 0 bridgehead atoms. The fourth-order valence-electron chi connectivity index (χ4n) is 3.52. The molecule has 2 atom stereocenters. The van der Waals surface area contributed by atoms with E-state index in [1.165, 1.54) is 12.0 Å². The molecule has 0 N–H and O–H groups in total. The highest BCUT2D eigenvalue weighted by Crippen LogP contribution is 2.35. The molecule has 1 aliphatic heterocycles. The number of benzene rings is 1. The van der Waals surface area contributed by atoms with Crippen LogP contribution in [0.1, 0.15) is 24.8 Å². The van der Waals surface area contributed by atoms with Gasteiger partial charge in [0.25, 0.3) is 0 Å². The molecule has 1 fully saturated rings. The molecule has 2 aliphatic rings. The van der Waals surface area contributed by atoms with Crippen molar-refractivity contribution >= 4 is 17.8 Å². The Bertz CT molecular complexity index is 746. The Hall–Kier alpha value is -2.83. The van der Waals surface area contributed by atoms with Crippen LogP contribution < -0.4 is 9.47 Å². The van der Waals surface area contributed by atoms with Crippen LogP contribution in [0.5, 0.6) is 11.5 Å². The van der Waals surface area contributed by atoms with Gasteiger partial charge in [0.2, 0.25) is 11.8 Å². The molecule has 2 amide bonds. The van der Waals surface area contributed by atoms with Gasteiger partial charge in [0.15, 0.2) is 0 Å². The van der Waals surface area contributed by atoms with Gasteiger partial charge in [-0.1, -0.05) is 12.2 Å². The Morgan fingerprint density at radius 2 is 1.74 bits per heavy atom. The molecular weight excluding hydrogens is 350 g/mol. The number of amides is 2. The lowest BCUT2D eigenvalue weighted by atomic mass is 9.85. The maximum Gasteiger partial charge on any atom is 0.307 e. The van der Waals surface area contributed by atoms with Gasteiger partial charge in [0, 0.05) is 12.1 Å². The number of imide groups is 1. The zero-order chi connectivity index (χ0) is 19.4. The maximum atomic E-state index is 12.4. The van der Waals surface area contributed by atoms with Crippen LogP contribution >= 0.6 is 0 Å². The molecule has 0 radical (unpaired) electrons. The molecule has 0 saturated carbocycles. The maximum absolute atomic E-state index is 12.4. The van der Waals surface area contributed by atoms with E-state index in [0.29, 0.717) is 29.9 Å². The topological polar surface area (TPSA) is 82.1 Å². The van der Waals surface area contributed by atoms with Crippen molar-refractivity contribution < 1.29 is 28.6 Å². The molecule has 0 spiro atoms. The number of allylic oxidation sites excluding steroid dienone is 2. The Morgan fingerprint density at radius 1 is 1.07 bits per heavy atom. The van der Waals surface area contributed by atoms with Gasteiger partial charge in [0.1, 0.15) is 18.1 Å². The summed E-state index contributed by atoms with van der Waals surface area (Å²) in [6.07, 6.45) is 5.02. The third kappa shape index (κ3) is 3.97. The van der Waals surface area contributed by atoms with E-state index in [0.717, 1.165) is 0 Å². The average molecular weight is 373 g/mol. The van der Waals surface area contributed by atoms with Crippen molar-refractivity contribution in [1.82, 2.24) is 4.90 Å². The number of rotatable bonds is 7. The second-order valence-corrected chi connectivity index (χ2v) is 6.57. The fourth-order valence-corrected chi connectivity index (χ4v) is 3.52. The molecule has 7 heteroatoms. The first kappa shape index (κ1) is 18.9. The molecule has 1 heterocycles. The van der Waals surface area contributed by atoms with Crippen LogP contribution in [-0.4, -0.2) is 43.4 Å². The second kappa shape index (κ2) is 8.24. The summed E-state index contributed by atoms with van der Waals surface area (Å²) in [4.78, 5) is 38.1. The van der Waals surface area contributed by atoms with Crippen LogP contribution in [0.25, 0.3) is 0 Å². The number of carbonyl (C=O) groups is 3. The summed E-state index contributed by atoms with van der Waals surface area (Å²) >= 11 is 0. The van der Waals surface area contributed by atoms with E-state index in [9.17, 15) is 14.4 Å². The van der Waals surface area contributed by atoms with Crippen molar-refractivity contribution in [3.05, 3.63) is 35.9 Å². The Morgan fingerprint density at radius 3 is 2.33 bits per heavy atom. The van der Waals surface area contributed by atoms with E-state index in [1.54, 1.807) is 25.3 Å². The van der Waals surface area contributed by atoms with E-state index in [2.05, 4.69) is 0 Å². The summed E-state index contributed by atoms with van der Waals surface area (Å²) in [6, 6.07) is 5.22. The van der Waals surface area contributed by atoms with Crippen LogP contribution in [-0.2, 0) is 25.7 Å². The van der Waals surface area contributed by atoms with Crippen LogP contribution in [0.15, 0.2) is 30.4 Å². The van der Waals surface area contributed by atoms with Gasteiger partial charge in [-0.2, -0.15) is 0 Å². The summed E-state index contributed by atoms with van der Waals surface area (Å²) in [5.41, 5.74) is 0.676. The van der Waals surface area contributed by atoms with Crippen molar-refractivity contribution in [2.75, 3.05) is 20.8 Å². The normalized spacial score (nSPS) is 21.2. The summed E-state index contributed by atoms with van der Waals surface area (Å²) < 4.78 is 15.7. The molecule has 144 valence electrons. The third-order valence-electron chi connectivity index (χ3n) is 5.01. The third-order valence-corrected chi connectivity index (χ3v) is 5.01. The highest BCUT2D eigenvalue weighted by atomic mass is 16.5. The van der Waals surface area contributed by atoms with E-state index in [-0.39, 0.29) is 43.2 Å². The molecular formula is C20H23NO6. The summed E-state index contributed by atoms with van der Waals surface area (Å²) in [7, 11) is 3.08. The summed E-state index contributed by atoms with van der Waals surface area (Å²) in [6.45, 7) is 0.0784. The van der Waals surface area contributed by atoms with E-state index >= 15 is 0 Å². The van der Waals surface area contributed by atoms with Crippen molar-refractivity contribution in [2.45, 2.75) is 25.9 Å². The predicted octanol–water partition coefficient (Wildman–Crippen LogP) is 2.09. The number of methoxy groups -OCH3 is 2. The van der Waals surface area contributed by atoms with E-state index in [4.69, 9.17) is 14.2 Å². The lowest BCUT2D eigenvalue weighted by molar-refractivity contribution is -0.146. The number of ether oxygens (including phenoxy) is 3. The predicted molar refractivity (Wildman–Crippen MR) is 96.0 cm³/mol. The molecule has 1 saturated heterocycles. The molecule has 3 rings (SSSR count). The van der Waals surface area contributed by atoms with Gasteiger partial charge in [-0.05, 0) is 31.0 Å². The molecule has 1 aromatic carbocycles. The lowest BCUT2D eigenvalue weighted by Gasteiger charge is -2.15. The number of esters is 1. The second-order valence-electron chi connectivity index (χ2n) is 6.57. The average Bonchev–Trinajstić information content (AvgIpc) is 2.95.